The van der Waals surface area contributed by atoms with Gasteiger partial charge in [0.15, 0.2) is 11.5 Å². The van der Waals surface area contributed by atoms with Crippen LogP contribution in [0.15, 0.2) is 28.7 Å². The monoisotopic (exact) mass is 425 g/mol. The first-order chi connectivity index (χ1) is 14.9. The standard InChI is InChI=1S/C24H27NO6/c1-12(26)19-10-15-8-17-16(11-20(15)31-19)18(25-13(2)27)7-6-14-9-21(28-3)23(29-4)24(30-5)22(14)17/h8-12,18,26H,6-7H2,1-5H3,(H,25,27)/t12?,18-/m0/s1. The minimum absolute atomic E-state index is 0.103. The summed E-state index contributed by atoms with van der Waals surface area (Å²) in [4.78, 5) is 12.0. The third kappa shape index (κ3) is 3.59. The van der Waals surface area contributed by atoms with Crippen LogP contribution >= 0.6 is 0 Å². The molecule has 7 nitrogen and oxygen atoms in total. The average Bonchev–Trinajstić information content (AvgIpc) is 3.11. The topological polar surface area (TPSA) is 90.2 Å². The van der Waals surface area contributed by atoms with Crippen molar-refractivity contribution >= 4 is 16.9 Å². The Morgan fingerprint density at radius 2 is 1.87 bits per heavy atom. The highest BCUT2D eigenvalue weighted by Crippen LogP contribution is 2.51. The number of methoxy groups -OCH3 is 3. The molecule has 2 N–H and O–H groups in total. The van der Waals surface area contributed by atoms with Crippen LogP contribution in [0.5, 0.6) is 17.2 Å². The van der Waals surface area contributed by atoms with Gasteiger partial charge in [0.25, 0.3) is 0 Å². The molecule has 1 aromatic heterocycles. The number of benzene rings is 2. The Balaban J connectivity index is 2.05. The van der Waals surface area contributed by atoms with E-state index in [1.165, 1.54) is 6.92 Å². The predicted molar refractivity (Wildman–Crippen MR) is 117 cm³/mol. The van der Waals surface area contributed by atoms with E-state index < -0.39 is 6.10 Å². The fraction of sp³-hybridized carbons (Fsp3) is 0.375. The van der Waals surface area contributed by atoms with Crippen molar-refractivity contribution in [3.63, 3.8) is 0 Å². The Hall–Kier alpha value is -3.19. The summed E-state index contributed by atoms with van der Waals surface area (Å²) in [6.45, 7) is 3.18. The lowest BCUT2D eigenvalue weighted by atomic mass is 9.92. The second-order valence-electron chi connectivity index (χ2n) is 7.77. The van der Waals surface area contributed by atoms with E-state index in [4.69, 9.17) is 18.6 Å². The molecular formula is C24H27NO6. The van der Waals surface area contributed by atoms with E-state index in [1.54, 1.807) is 28.3 Å². The van der Waals surface area contributed by atoms with Gasteiger partial charge in [-0.3, -0.25) is 4.79 Å². The maximum absolute atomic E-state index is 12.0. The molecule has 31 heavy (non-hydrogen) atoms. The molecule has 1 aliphatic rings. The number of aryl methyl sites for hydroxylation is 1. The molecule has 0 radical (unpaired) electrons. The first kappa shape index (κ1) is 21.1. The summed E-state index contributed by atoms with van der Waals surface area (Å²) in [7, 11) is 4.79. The van der Waals surface area contributed by atoms with Gasteiger partial charge in [-0.1, -0.05) is 0 Å². The lowest BCUT2D eigenvalue weighted by Crippen LogP contribution is -2.26. The number of ether oxygens (including phenoxy) is 3. The quantitative estimate of drug-likeness (QED) is 0.633. The van der Waals surface area contributed by atoms with Gasteiger partial charge in [0.1, 0.15) is 17.4 Å². The van der Waals surface area contributed by atoms with E-state index in [1.807, 2.05) is 24.3 Å². The predicted octanol–water partition coefficient (Wildman–Crippen LogP) is 4.30. The van der Waals surface area contributed by atoms with E-state index >= 15 is 0 Å². The summed E-state index contributed by atoms with van der Waals surface area (Å²) in [6.07, 6.45) is 0.698. The Kier molecular flexibility index (Phi) is 5.54. The number of rotatable bonds is 5. The van der Waals surface area contributed by atoms with Crippen LogP contribution in [0.2, 0.25) is 0 Å². The van der Waals surface area contributed by atoms with Gasteiger partial charge in [-0.15, -0.1) is 0 Å². The zero-order valence-electron chi connectivity index (χ0n) is 18.4. The number of amides is 1. The Morgan fingerprint density at radius 1 is 1.13 bits per heavy atom. The van der Waals surface area contributed by atoms with Crippen molar-refractivity contribution in [1.29, 1.82) is 0 Å². The number of hydrogen-bond acceptors (Lipinski definition) is 6. The van der Waals surface area contributed by atoms with Gasteiger partial charge in [0.05, 0.1) is 27.4 Å². The molecule has 0 spiro atoms. The molecule has 1 unspecified atom stereocenters. The van der Waals surface area contributed by atoms with Crippen LogP contribution in [0.25, 0.3) is 22.1 Å². The molecule has 1 aliphatic carbocycles. The van der Waals surface area contributed by atoms with Crippen LogP contribution in [0.3, 0.4) is 0 Å². The van der Waals surface area contributed by atoms with Gasteiger partial charge >= 0.3 is 0 Å². The molecule has 0 bridgehead atoms. The van der Waals surface area contributed by atoms with Crippen molar-refractivity contribution in [2.24, 2.45) is 0 Å². The van der Waals surface area contributed by atoms with Gasteiger partial charge in [0.2, 0.25) is 11.7 Å². The molecule has 1 heterocycles. The van der Waals surface area contributed by atoms with Crippen molar-refractivity contribution in [3.8, 4) is 28.4 Å². The number of fused-ring (bicyclic) bond motifs is 4. The number of aliphatic hydroxyl groups excluding tert-OH is 1. The Morgan fingerprint density at radius 3 is 2.48 bits per heavy atom. The lowest BCUT2D eigenvalue weighted by molar-refractivity contribution is -0.119. The van der Waals surface area contributed by atoms with Crippen LogP contribution < -0.4 is 19.5 Å². The highest BCUT2D eigenvalue weighted by atomic mass is 16.5. The fourth-order valence-corrected chi connectivity index (χ4v) is 4.38. The van der Waals surface area contributed by atoms with Crippen LogP contribution in [0, 0.1) is 0 Å². The molecule has 7 heteroatoms. The second kappa shape index (κ2) is 8.15. The third-order valence-electron chi connectivity index (χ3n) is 5.76. The maximum atomic E-state index is 12.0. The normalized spacial score (nSPS) is 16.1. The molecule has 3 aromatic rings. The van der Waals surface area contributed by atoms with Gasteiger partial charge < -0.3 is 29.1 Å². The van der Waals surface area contributed by atoms with Crippen molar-refractivity contribution in [2.75, 3.05) is 21.3 Å². The molecule has 1 amide bonds. The largest absolute Gasteiger partial charge is 0.493 e. The van der Waals surface area contributed by atoms with E-state index in [-0.39, 0.29) is 11.9 Å². The van der Waals surface area contributed by atoms with Crippen molar-refractivity contribution in [2.45, 2.75) is 38.8 Å². The van der Waals surface area contributed by atoms with Crippen molar-refractivity contribution in [3.05, 3.63) is 41.2 Å². The summed E-state index contributed by atoms with van der Waals surface area (Å²) >= 11 is 0. The van der Waals surface area contributed by atoms with E-state index in [9.17, 15) is 9.90 Å². The summed E-state index contributed by atoms with van der Waals surface area (Å²) in [5, 5.41) is 13.9. The van der Waals surface area contributed by atoms with E-state index in [2.05, 4.69) is 5.32 Å². The first-order valence-electron chi connectivity index (χ1n) is 10.2. The number of carbonyl (C=O) groups excluding carboxylic acids is 1. The summed E-state index contributed by atoms with van der Waals surface area (Å²) < 4.78 is 22.9. The van der Waals surface area contributed by atoms with Crippen LogP contribution in [0.4, 0.5) is 0 Å². The Labute approximate surface area is 180 Å². The van der Waals surface area contributed by atoms with Crippen LogP contribution in [-0.4, -0.2) is 32.3 Å². The van der Waals surface area contributed by atoms with Crippen LogP contribution in [-0.2, 0) is 11.2 Å². The van der Waals surface area contributed by atoms with Crippen molar-refractivity contribution in [1.82, 2.24) is 5.32 Å². The molecule has 0 saturated carbocycles. The molecule has 0 saturated heterocycles. The zero-order valence-corrected chi connectivity index (χ0v) is 18.4. The number of hydrogen-bond donors (Lipinski definition) is 2. The summed E-state index contributed by atoms with van der Waals surface area (Å²) in [5.41, 5.74) is 4.47. The minimum Gasteiger partial charge on any atom is -0.493 e. The smallest absolute Gasteiger partial charge is 0.217 e. The van der Waals surface area contributed by atoms with Gasteiger partial charge in [-0.25, -0.2) is 0 Å². The molecule has 2 aromatic carbocycles. The SMILES string of the molecule is COc1cc2c(c(OC)c1OC)-c1cc3cc(C(C)O)oc3cc1[C@@H](NC(C)=O)CC2. The molecule has 0 fully saturated rings. The Bertz CT molecular complexity index is 1150. The van der Waals surface area contributed by atoms with Gasteiger partial charge in [-0.05, 0) is 60.7 Å². The zero-order chi connectivity index (χ0) is 22.3. The number of furan rings is 1. The average molecular weight is 425 g/mol. The van der Waals surface area contributed by atoms with Crippen molar-refractivity contribution < 1.29 is 28.5 Å². The first-order valence-corrected chi connectivity index (χ1v) is 10.2. The summed E-state index contributed by atoms with van der Waals surface area (Å²) in [6, 6.07) is 7.57. The highest BCUT2D eigenvalue weighted by Gasteiger charge is 2.30. The lowest BCUT2D eigenvalue weighted by Gasteiger charge is -2.21. The molecule has 2 atom stereocenters. The van der Waals surface area contributed by atoms with Crippen LogP contribution in [0.1, 0.15) is 49.3 Å². The molecule has 164 valence electrons. The number of nitrogens with one attached hydrogen (secondary N) is 1. The van der Waals surface area contributed by atoms with E-state index in [0.29, 0.717) is 41.4 Å². The molecular weight excluding hydrogens is 398 g/mol. The maximum Gasteiger partial charge on any atom is 0.217 e. The molecule has 4 rings (SSSR count). The number of carbonyl (C=O) groups is 1. The third-order valence-corrected chi connectivity index (χ3v) is 5.76. The fourth-order valence-electron chi connectivity index (χ4n) is 4.38. The van der Waals surface area contributed by atoms with Gasteiger partial charge in [0, 0.05) is 17.9 Å². The minimum atomic E-state index is -0.718. The summed E-state index contributed by atoms with van der Waals surface area (Å²) in [5.74, 6) is 2.09. The van der Waals surface area contributed by atoms with Gasteiger partial charge in [-0.2, -0.15) is 0 Å². The second-order valence-corrected chi connectivity index (χ2v) is 7.77. The number of aliphatic hydroxyl groups is 1. The molecule has 0 aliphatic heterocycles. The highest BCUT2D eigenvalue weighted by molar-refractivity contribution is 5.91. The van der Waals surface area contributed by atoms with E-state index in [0.717, 1.165) is 27.6 Å².